The van der Waals surface area contributed by atoms with Crippen molar-refractivity contribution < 1.29 is 0 Å². The molecule has 3 aromatic rings. The summed E-state index contributed by atoms with van der Waals surface area (Å²) in [6.07, 6.45) is 1.81. The first-order chi connectivity index (χ1) is 12.7. The van der Waals surface area contributed by atoms with Gasteiger partial charge in [0.2, 0.25) is 4.96 Å². The van der Waals surface area contributed by atoms with E-state index in [0.29, 0.717) is 18.1 Å². The first-order valence-corrected chi connectivity index (χ1v) is 10.6. The average Bonchev–Trinajstić information content (AvgIpc) is 3.09. The molecule has 0 bridgehead atoms. The molecule has 2 N–H and O–H groups in total. The van der Waals surface area contributed by atoms with Crippen molar-refractivity contribution in [2.45, 2.75) is 23.7 Å². The number of nitrogens with two attached hydrogens (primary N) is 1. The molecule has 0 saturated heterocycles. The summed E-state index contributed by atoms with van der Waals surface area (Å²) in [6, 6.07) is 10.5. The molecule has 6 nitrogen and oxygen atoms in total. The van der Waals surface area contributed by atoms with E-state index in [0.717, 1.165) is 47.3 Å². The Morgan fingerprint density at radius 2 is 2.12 bits per heavy atom. The third kappa shape index (κ3) is 3.68. The van der Waals surface area contributed by atoms with Crippen LogP contribution in [0.4, 0.5) is 0 Å². The van der Waals surface area contributed by atoms with Crippen molar-refractivity contribution >= 4 is 28.1 Å². The van der Waals surface area contributed by atoms with Crippen molar-refractivity contribution in [3.05, 3.63) is 57.5 Å². The van der Waals surface area contributed by atoms with Gasteiger partial charge in [0.1, 0.15) is 0 Å². The molecular formula is C18H21N5OS2. The van der Waals surface area contributed by atoms with E-state index < -0.39 is 0 Å². The molecule has 0 unspecified atom stereocenters. The van der Waals surface area contributed by atoms with Gasteiger partial charge in [0.15, 0.2) is 4.34 Å². The lowest BCUT2D eigenvalue weighted by atomic mass is 10.1. The maximum Gasteiger partial charge on any atom is 0.279 e. The van der Waals surface area contributed by atoms with E-state index in [1.54, 1.807) is 11.8 Å². The fourth-order valence-corrected chi connectivity index (χ4v) is 4.95. The molecule has 2 aromatic heterocycles. The summed E-state index contributed by atoms with van der Waals surface area (Å²) >= 11 is 3.04. The molecule has 0 aliphatic carbocycles. The fraction of sp³-hybridized carbons (Fsp3) is 0.389. The highest BCUT2D eigenvalue weighted by Crippen LogP contribution is 2.24. The van der Waals surface area contributed by atoms with Gasteiger partial charge in [-0.1, -0.05) is 53.4 Å². The number of benzene rings is 1. The van der Waals surface area contributed by atoms with E-state index in [4.69, 9.17) is 10.7 Å². The summed E-state index contributed by atoms with van der Waals surface area (Å²) in [5, 5.41) is 4.43. The van der Waals surface area contributed by atoms with Crippen LogP contribution in [0.1, 0.15) is 16.8 Å². The molecule has 0 saturated carbocycles. The van der Waals surface area contributed by atoms with Gasteiger partial charge in [-0.15, -0.1) is 5.10 Å². The summed E-state index contributed by atoms with van der Waals surface area (Å²) < 4.78 is 2.31. The number of rotatable bonds is 6. The normalized spacial score (nSPS) is 14.7. The Hall–Kier alpha value is -1.74. The van der Waals surface area contributed by atoms with Crippen LogP contribution in [0.25, 0.3) is 4.96 Å². The molecule has 1 aliphatic heterocycles. The van der Waals surface area contributed by atoms with Gasteiger partial charge in [-0.2, -0.15) is 4.52 Å². The maximum absolute atomic E-state index is 12.9. The second-order valence-electron chi connectivity index (χ2n) is 6.30. The lowest BCUT2D eigenvalue weighted by Crippen LogP contribution is -2.37. The van der Waals surface area contributed by atoms with Gasteiger partial charge in [-0.25, -0.2) is 4.98 Å². The minimum atomic E-state index is -0.0229. The molecule has 26 heavy (non-hydrogen) atoms. The summed E-state index contributed by atoms with van der Waals surface area (Å²) in [4.78, 5) is 20.6. The Kier molecular flexibility index (Phi) is 5.35. The lowest BCUT2D eigenvalue weighted by molar-refractivity contribution is 0.253. The van der Waals surface area contributed by atoms with Crippen molar-refractivity contribution in [3.63, 3.8) is 0 Å². The topological polar surface area (TPSA) is 76.5 Å². The molecule has 0 amide bonds. The van der Waals surface area contributed by atoms with Crippen LogP contribution in [0.15, 0.2) is 39.5 Å². The van der Waals surface area contributed by atoms with Crippen LogP contribution in [0.5, 0.6) is 0 Å². The zero-order valence-electron chi connectivity index (χ0n) is 14.4. The van der Waals surface area contributed by atoms with E-state index >= 15 is 0 Å². The van der Waals surface area contributed by atoms with Crippen LogP contribution in [0.3, 0.4) is 0 Å². The summed E-state index contributed by atoms with van der Waals surface area (Å²) in [7, 11) is 0. The van der Waals surface area contributed by atoms with E-state index in [1.165, 1.54) is 21.4 Å². The minimum absolute atomic E-state index is 0.0229. The smallest absolute Gasteiger partial charge is 0.279 e. The Labute approximate surface area is 160 Å². The van der Waals surface area contributed by atoms with Crippen molar-refractivity contribution in [1.82, 2.24) is 19.5 Å². The second-order valence-corrected chi connectivity index (χ2v) is 8.60. The molecule has 4 rings (SSSR count). The average molecular weight is 388 g/mol. The maximum atomic E-state index is 12.9. The van der Waals surface area contributed by atoms with Gasteiger partial charge in [-0.3, -0.25) is 9.69 Å². The summed E-state index contributed by atoms with van der Waals surface area (Å²) in [5.74, 6) is 0.793. The standard InChI is InChI=1S/C18H21N5OS2/c19-8-11-25-18-21-23-16(24)14-12-22(9-6-13-4-2-1-3-5-13)10-7-15(14)20-17(23)26-18/h1-5H,6-12,19H2. The van der Waals surface area contributed by atoms with Crippen LogP contribution in [-0.4, -0.2) is 44.9 Å². The number of thioether (sulfide) groups is 1. The number of aromatic nitrogens is 3. The first-order valence-electron chi connectivity index (χ1n) is 8.75. The zero-order valence-corrected chi connectivity index (χ0v) is 16.1. The lowest BCUT2D eigenvalue weighted by Gasteiger charge is -2.27. The van der Waals surface area contributed by atoms with Crippen molar-refractivity contribution in [2.75, 3.05) is 25.4 Å². The quantitative estimate of drug-likeness (QED) is 0.650. The van der Waals surface area contributed by atoms with Crippen LogP contribution < -0.4 is 11.3 Å². The number of hydrogen-bond donors (Lipinski definition) is 1. The van der Waals surface area contributed by atoms with Crippen molar-refractivity contribution in [3.8, 4) is 0 Å². The monoisotopic (exact) mass is 387 g/mol. The third-order valence-corrected chi connectivity index (χ3v) is 6.60. The van der Waals surface area contributed by atoms with Crippen molar-refractivity contribution in [1.29, 1.82) is 0 Å². The zero-order chi connectivity index (χ0) is 17.9. The second kappa shape index (κ2) is 7.87. The molecule has 0 radical (unpaired) electrons. The number of hydrogen-bond acceptors (Lipinski definition) is 7. The van der Waals surface area contributed by atoms with Crippen LogP contribution in [0.2, 0.25) is 0 Å². The highest BCUT2D eigenvalue weighted by molar-refractivity contribution is 8.01. The Morgan fingerprint density at radius 1 is 1.27 bits per heavy atom. The van der Waals surface area contributed by atoms with E-state index in [2.05, 4.69) is 34.3 Å². The highest BCUT2D eigenvalue weighted by atomic mass is 32.2. The summed E-state index contributed by atoms with van der Waals surface area (Å²) in [5.41, 5.74) is 8.58. The number of fused-ring (bicyclic) bond motifs is 2. The van der Waals surface area contributed by atoms with Gasteiger partial charge in [-0.05, 0) is 12.0 Å². The Morgan fingerprint density at radius 3 is 2.92 bits per heavy atom. The van der Waals surface area contributed by atoms with E-state index in [-0.39, 0.29) is 5.56 Å². The predicted octanol–water partition coefficient (Wildman–Crippen LogP) is 1.80. The first kappa shape index (κ1) is 17.7. The van der Waals surface area contributed by atoms with E-state index in [9.17, 15) is 4.79 Å². The van der Waals surface area contributed by atoms with Gasteiger partial charge >= 0.3 is 0 Å². The SMILES string of the molecule is NCCSc1nn2c(=O)c3c(nc2s1)CCN(CCc1ccccc1)C3. The molecule has 0 fully saturated rings. The van der Waals surface area contributed by atoms with Crippen LogP contribution in [-0.2, 0) is 19.4 Å². The molecule has 1 aromatic carbocycles. The van der Waals surface area contributed by atoms with E-state index in [1.807, 2.05) is 6.07 Å². The summed E-state index contributed by atoms with van der Waals surface area (Å²) in [6.45, 7) is 3.13. The van der Waals surface area contributed by atoms with Gasteiger partial charge in [0.25, 0.3) is 5.56 Å². The largest absolute Gasteiger partial charge is 0.330 e. The van der Waals surface area contributed by atoms with Gasteiger partial charge in [0.05, 0.1) is 11.3 Å². The molecular weight excluding hydrogens is 366 g/mol. The fourth-order valence-electron chi connectivity index (χ4n) is 3.16. The molecule has 0 spiro atoms. The molecule has 1 aliphatic rings. The highest BCUT2D eigenvalue weighted by Gasteiger charge is 2.23. The molecule has 8 heteroatoms. The molecule has 136 valence electrons. The van der Waals surface area contributed by atoms with Gasteiger partial charge in [0, 0.05) is 38.4 Å². The predicted molar refractivity (Wildman–Crippen MR) is 106 cm³/mol. The van der Waals surface area contributed by atoms with Crippen LogP contribution in [0, 0.1) is 0 Å². The van der Waals surface area contributed by atoms with Crippen molar-refractivity contribution in [2.24, 2.45) is 5.73 Å². The Balaban J connectivity index is 1.53. The minimum Gasteiger partial charge on any atom is -0.330 e. The van der Waals surface area contributed by atoms with Gasteiger partial charge < -0.3 is 5.73 Å². The number of nitrogens with zero attached hydrogens (tertiary/aromatic N) is 4. The Bertz CT molecular complexity index is 953. The molecule has 3 heterocycles. The third-order valence-electron chi connectivity index (χ3n) is 4.52. The molecule has 0 atom stereocenters. The van der Waals surface area contributed by atoms with Crippen LogP contribution >= 0.6 is 23.1 Å².